The summed E-state index contributed by atoms with van der Waals surface area (Å²) in [5.74, 6) is 0.0613. The summed E-state index contributed by atoms with van der Waals surface area (Å²) in [7, 11) is 1.55. The van der Waals surface area contributed by atoms with Crippen LogP contribution in [0.5, 0.6) is 0 Å². The van der Waals surface area contributed by atoms with Crippen LogP contribution in [-0.2, 0) is 9.53 Å². The number of hydrogen-bond donors (Lipinski definition) is 1. The second kappa shape index (κ2) is 5.31. The summed E-state index contributed by atoms with van der Waals surface area (Å²) in [5.41, 5.74) is 2.18. The number of piperidine rings is 1. The smallest absolute Gasteiger partial charge is 0.249 e. The van der Waals surface area contributed by atoms with E-state index >= 15 is 0 Å². The van der Waals surface area contributed by atoms with Gasteiger partial charge in [0, 0.05) is 13.7 Å². The van der Waals surface area contributed by atoms with Gasteiger partial charge in [0.15, 0.2) is 0 Å². The molecular weight excluding hydrogens is 218 g/mol. The molecule has 1 atom stereocenters. The molecule has 1 fully saturated rings. The van der Waals surface area contributed by atoms with Crippen molar-refractivity contribution in [2.75, 3.05) is 20.3 Å². The molecular formula is C12H19N3O2. The number of nitrogens with one attached hydrogen (secondary N) is 1. The topological polar surface area (TPSA) is 58.2 Å². The molecule has 0 aliphatic carbocycles. The van der Waals surface area contributed by atoms with Gasteiger partial charge < -0.3 is 9.64 Å². The number of nitrogens with zero attached hydrogens (tertiary/aromatic N) is 2. The predicted molar refractivity (Wildman–Crippen MR) is 63.5 cm³/mol. The molecule has 1 aliphatic rings. The molecule has 0 spiro atoms. The number of H-pyrrole nitrogens is 1. The summed E-state index contributed by atoms with van der Waals surface area (Å²) in [6.45, 7) is 2.99. The van der Waals surface area contributed by atoms with Gasteiger partial charge in [-0.2, -0.15) is 5.10 Å². The van der Waals surface area contributed by atoms with Gasteiger partial charge in [-0.3, -0.25) is 9.89 Å². The molecule has 17 heavy (non-hydrogen) atoms. The molecule has 1 amide bonds. The van der Waals surface area contributed by atoms with Crippen LogP contribution in [0.1, 0.15) is 36.6 Å². The summed E-state index contributed by atoms with van der Waals surface area (Å²) >= 11 is 0. The number of likely N-dealkylation sites (tertiary alicyclic amines) is 1. The third kappa shape index (κ3) is 2.49. The molecule has 0 saturated carbocycles. The number of carbonyl (C=O) groups is 1. The van der Waals surface area contributed by atoms with Crippen LogP contribution in [0.2, 0.25) is 0 Å². The van der Waals surface area contributed by atoms with E-state index in [0.29, 0.717) is 0 Å². The number of carbonyl (C=O) groups excluding carboxylic acids is 1. The van der Waals surface area contributed by atoms with Crippen molar-refractivity contribution in [3.05, 3.63) is 17.5 Å². The maximum Gasteiger partial charge on any atom is 0.249 e. The molecule has 0 aromatic carbocycles. The zero-order valence-corrected chi connectivity index (χ0v) is 10.4. The van der Waals surface area contributed by atoms with Crippen molar-refractivity contribution in [2.24, 2.45) is 0 Å². The van der Waals surface area contributed by atoms with Crippen LogP contribution in [0.25, 0.3) is 0 Å². The Balaban J connectivity index is 2.18. The Kier molecular flexibility index (Phi) is 3.78. The summed E-state index contributed by atoms with van der Waals surface area (Å²) in [6.07, 6.45) is 5.03. The summed E-state index contributed by atoms with van der Waals surface area (Å²) < 4.78 is 4.94. The van der Waals surface area contributed by atoms with Crippen LogP contribution in [0.3, 0.4) is 0 Å². The maximum atomic E-state index is 12.0. The van der Waals surface area contributed by atoms with E-state index in [1.807, 2.05) is 18.0 Å². The molecule has 5 heteroatoms. The first-order valence-electron chi connectivity index (χ1n) is 6.02. The molecule has 2 rings (SSSR count). The van der Waals surface area contributed by atoms with E-state index in [0.717, 1.165) is 37.1 Å². The van der Waals surface area contributed by atoms with Gasteiger partial charge in [0.25, 0.3) is 0 Å². The molecule has 1 aromatic rings. The monoisotopic (exact) mass is 237 g/mol. The minimum Gasteiger partial charge on any atom is -0.375 e. The van der Waals surface area contributed by atoms with Crippen molar-refractivity contribution < 1.29 is 9.53 Å². The van der Waals surface area contributed by atoms with Crippen LogP contribution >= 0.6 is 0 Å². The lowest BCUT2D eigenvalue weighted by molar-refractivity contribution is -0.139. The van der Waals surface area contributed by atoms with Gasteiger partial charge in [0.1, 0.15) is 6.61 Å². The first kappa shape index (κ1) is 12.1. The Labute approximate surface area is 101 Å². The number of aromatic nitrogens is 2. The Morgan fingerprint density at radius 2 is 2.47 bits per heavy atom. The molecule has 1 saturated heterocycles. The molecule has 1 aromatic heterocycles. The SMILES string of the molecule is COCC(=O)N1CCCCC1c1[nH]ncc1C. The highest BCUT2D eigenvalue weighted by molar-refractivity contribution is 5.78. The average Bonchev–Trinajstić information content (AvgIpc) is 2.76. The number of amides is 1. The molecule has 5 nitrogen and oxygen atoms in total. The lowest BCUT2D eigenvalue weighted by Crippen LogP contribution is -2.40. The lowest BCUT2D eigenvalue weighted by Gasteiger charge is -2.35. The molecule has 2 heterocycles. The molecule has 94 valence electrons. The van der Waals surface area contributed by atoms with E-state index < -0.39 is 0 Å². The minimum absolute atomic E-state index is 0.0613. The van der Waals surface area contributed by atoms with Gasteiger partial charge >= 0.3 is 0 Å². The van der Waals surface area contributed by atoms with E-state index in [-0.39, 0.29) is 18.6 Å². The number of ether oxygens (including phenoxy) is 1. The highest BCUT2D eigenvalue weighted by Gasteiger charge is 2.29. The quantitative estimate of drug-likeness (QED) is 0.865. The number of hydrogen-bond acceptors (Lipinski definition) is 3. The Bertz CT molecular complexity index is 389. The molecule has 1 unspecified atom stereocenters. The van der Waals surface area contributed by atoms with E-state index in [1.165, 1.54) is 0 Å². The molecule has 0 bridgehead atoms. The van der Waals surface area contributed by atoms with Crippen molar-refractivity contribution >= 4 is 5.91 Å². The highest BCUT2D eigenvalue weighted by atomic mass is 16.5. The van der Waals surface area contributed by atoms with E-state index in [1.54, 1.807) is 7.11 Å². The first-order valence-corrected chi connectivity index (χ1v) is 6.02. The fraction of sp³-hybridized carbons (Fsp3) is 0.667. The van der Waals surface area contributed by atoms with Crippen molar-refractivity contribution in [1.29, 1.82) is 0 Å². The number of rotatable bonds is 3. The van der Waals surface area contributed by atoms with Gasteiger partial charge in [0.05, 0.1) is 17.9 Å². The second-order valence-corrected chi connectivity index (χ2v) is 4.50. The standard InChI is InChI=1S/C12H19N3O2/c1-9-7-13-14-12(9)10-5-3-4-6-15(10)11(16)8-17-2/h7,10H,3-6,8H2,1-2H3,(H,13,14). The van der Waals surface area contributed by atoms with E-state index in [9.17, 15) is 4.79 Å². The lowest BCUT2D eigenvalue weighted by atomic mass is 9.97. The van der Waals surface area contributed by atoms with E-state index in [4.69, 9.17) is 4.74 Å². The van der Waals surface area contributed by atoms with Crippen LogP contribution in [-0.4, -0.2) is 41.3 Å². The Hall–Kier alpha value is -1.36. The third-order valence-corrected chi connectivity index (χ3v) is 3.29. The Morgan fingerprint density at radius 3 is 3.12 bits per heavy atom. The van der Waals surface area contributed by atoms with Crippen molar-refractivity contribution in [3.63, 3.8) is 0 Å². The number of aryl methyl sites for hydroxylation is 1. The predicted octanol–water partition coefficient (Wildman–Crippen LogP) is 1.42. The van der Waals surface area contributed by atoms with Crippen LogP contribution in [0.15, 0.2) is 6.20 Å². The first-order chi connectivity index (χ1) is 8.24. The fourth-order valence-electron chi connectivity index (χ4n) is 2.43. The number of methoxy groups -OCH3 is 1. The van der Waals surface area contributed by atoms with Crippen molar-refractivity contribution in [1.82, 2.24) is 15.1 Å². The van der Waals surface area contributed by atoms with Crippen LogP contribution in [0, 0.1) is 6.92 Å². The zero-order chi connectivity index (χ0) is 12.3. The highest BCUT2D eigenvalue weighted by Crippen LogP contribution is 2.31. The van der Waals surface area contributed by atoms with Crippen LogP contribution < -0.4 is 0 Å². The zero-order valence-electron chi connectivity index (χ0n) is 10.4. The number of aromatic amines is 1. The maximum absolute atomic E-state index is 12.0. The van der Waals surface area contributed by atoms with Crippen molar-refractivity contribution in [2.45, 2.75) is 32.2 Å². The summed E-state index contributed by atoms with van der Waals surface area (Å²) in [4.78, 5) is 13.9. The van der Waals surface area contributed by atoms with E-state index in [2.05, 4.69) is 10.2 Å². The Morgan fingerprint density at radius 1 is 1.65 bits per heavy atom. The van der Waals surface area contributed by atoms with Crippen molar-refractivity contribution in [3.8, 4) is 0 Å². The molecule has 1 aliphatic heterocycles. The normalized spacial score (nSPS) is 20.6. The van der Waals surface area contributed by atoms with Gasteiger partial charge in [-0.15, -0.1) is 0 Å². The van der Waals surface area contributed by atoms with Gasteiger partial charge in [0.2, 0.25) is 5.91 Å². The van der Waals surface area contributed by atoms with Gasteiger partial charge in [-0.1, -0.05) is 0 Å². The van der Waals surface area contributed by atoms with Gasteiger partial charge in [-0.25, -0.2) is 0 Å². The van der Waals surface area contributed by atoms with Gasteiger partial charge in [-0.05, 0) is 31.7 Å². The largest absolute Gasteiger partial charge is 0.375 e. The second-order valence-electron chi connectivity index (χ2n) is 4.50. The summed E-state index contributed by atoms with van der Waals surface area (Å²) in [6, 6.07) is 0.133. The summed E-state index contributed by atoms with van der Waals surface area (Å²) in [5, 5.41) is 7.06. The fourth-order valence-corrected chi connectivity index (χ4v) is 2.43. The molecule has 0 radical (unpaired) electrons. The average molecular weight is 237 g/mol. The van der Waals surface area contributed by atoms with Crippen LogP contribution in [0.4, 0.5) is 0 Å². The minimum atomic E-state index is 0.0613. The molecule has 1 N–H and O–H groups in total. The third-order valence-electron chi connectivity index (χ3n) is 3.29.